The van der Waals surface area contributed by atoms with E-state index in [4.69, 9.17) is 0 Å². The van der Waals surface area contributed by atoms with Crippen molar-refractivity contribution in [1.29, 1.82) is 0 Å². The monoisotopic (exact) mass is 162 g/mol. The van der Waals surface area contributed by atoms with E-state index in [0.717, 1.165) is 23.7 Å². The largest absolute Gasteiger partial charge is 0.125 e. The molecule has 0 bridgehead atoms. The van der Waals surface area contributed by atoms with Crippen LogP contribution in [0.5, 0.6) is 0 Å². The molecule has 11 heavy (non-hydrogen) atoms. The summed E-state index contributed by atoms with van der Waals surface area (Å²) in [5.74, 6) is 0. The average Bonchev–Trinajstić information content (AvgIpc) is 2.04. The van der Waals surface area contributed by atoms with E-state index in [1.54, 1.807) is 0 Å². The van der Waals surface area contributed by atoms with Gasteiger partial charge in [-0.15, -0.1) is 0 Å². The molecule has 0 aliphatic heterocycles. The fourth-order valence-electron chi connectivity index (χ4n) is 0.689. The Bertz CT molecular complexity index is 166. The summed E-state index contributed by atoms with van der Waals surface area (Å²) in [7, 11) is 0. The van der Waals surface area contributed by atoms with Gasteiger partial charge >= 0.3 is 0 Å². The van der Waals surface area contributed by atoms with E-state index in [1.165, 1.54) is 5.57 Å². The van der Waals surface area contributed by atoms with E-state index >= 15 is 0 Å². The lowest BCUT2D eigenvalue weighted by atomic mass is 10.1. The van der Waals surface area contributed by atoms with Gasteiger partial charge in [0.25, 0.3) is 0 Å². The molecule has 0 N–H and O–H groups in total. The van der Waals surface area contributed by atoms with Crippen molar-refractivity contribution in [3.05, 3.63) is 36.5 Å². The Morgan fingerprint density at radius 1 is 1.55 bits per heavy atom. The second-order valence-electron chi connectivity index (χ2n) is 2.66. The Hall–Kier alpha value is -0.248. The first-order valence-corrected chi connectivity index (χ1v) is 4.68. The smallest absolute Gasteiger partial charge is 0.0988 e. The minimum absolute atomic E-state index is 1.03. The van der Waals surface area contributed by atoms with E-state index in [9.17, 15) is 0 Å². The fourth-order valence-corrected chi connectivity index (χ4v) is 0.856. The standard InChI is InChI=1S/C10H15.Al/c1-5-10(4)8-6-7-9(2)3;/h5,7H,1-2,4,6,8H2,3H3;. The molecular formula is C10H15Al. The summed E-state index contributed by atoms with van der Waals surface area (Å²) >= 11 is 2.71. The molecule has 0 spiro atoms. The minimum atomic E-state index is 1.03. The third-order valence-corrected chi connectivity index (χ3v) is 2.21. The van der Waals surface area contributed by atoms with Crippen LogP contribution in [-0.4, -0.2) is 16.3 Å². The van der Waals surface area contributed by atoms with Crippen molar-refractivity contribution in [3.63, 3.8) is 0 Å². The Morgan fingerprint density at radius 3 is 2.64 bits per heavy atom. The lowest BCUT2D eigenvalue weighted by Gasteiger charge is -1.97. The molecule has 0 saturated heterocycles. The van der Waals surface area contributed by atoms with Crippen molar-refractivity contribution in [2.24, 2.45) is 0 Å². The quantitative estimate of drug-likeness (QED) is 0.331. The molecule has 0 fully saturated rings. The Kier molecular flexibility index (Phi) is 6.32. The summed E-state index contributed by atoms with van der Waals surface area (Å²) in [4.78, 5) is 0. The Balaban J connectivity index is 3.55. The third kappa shape index (κ3) is 6.16. The molecule has 0 aromatic rings. The van der Waals surface area contributed by atoms with Gasteiger partial charge in [-0.2, -0.15) is 0 Å². The highest BCUT2D eigenvalue weighted by molar-refractivity contribution is 6.10. The van der Waals surface area contributed by atoms with Gasteiger partial charge in [-0.1, -0.05) is 41.7 Å². The fraction of sp³-hybridized carbons (Fsp3) is 0.400. The van der Waals surface area contributed by atoms with Gasteiger partial charge in [-0.25, -0.2) is 0 Å². The van der Waals surface area contributed by atoms with Crippen molar-refractivity contribution in [3.8, 4) is 0 Å². The number of hydrogen-bond acceptors (Lipinski definition) is 0. The van der Waals surface area contributed by atoms with Crippen LogP contribution in [0.15, 0.2) is 36.5 Å². The van der Waals surface area contributed by atoms with Crippen molar-refractivity contribution in [1.82, 2.24) is 0 Å². The third-order valence-electron chi connectivity index (χ3n) is 1.57. The first-order valence-electron chi connectivity index (χ1n) is 3.86. The van der Waals surface area contributed by atoms with E-state index in [1.807, 2.05) is 6.08 Å². The van der Waals surface area contributed by atoms with Crippen LogP contribution in [0.4, 0.5) is 0 Å². The Labute approximate surface area is 78.1 Å². The van der Waals surface area contributed by atoms with Crippen LogP contribution in [0.25, 0.3) is 0 Å². The molecule has 0 amide bonds. The first-order chi connectivity index (χ1) is 5.20. The molecule has 0 unspecified atom stereocenters. The van der Waals surface area contributed by atoms with Gasteiger partial charge in [0.2, 0.25) is 0 Å². The van der Waals surface area contributed by atoms with Gasteiger partial charge in [0, 0.05) is 0 Å². The van der Waals surface area contributed by atoms with Crippen LogP contribution in [-0.2, 0) is 0 Å². The predicted octanol–water partition coefficient (Wildman–Crippen LogP) is 3.04. The van der Waals surface area contributed by atoms with Crippen LogP contribution in [0.3, 0.4) is 0 Å². The molecule has 0 aromatic heterocycles. The normalized spacial score (nSPS) is 11.2. The van der Waals surface area contributed by atoms with Crippen LogP contribution in [0, 0.1) is 0 Å². The molecule has 0 heterocycles. The highest BCUT2D eigenvalue weighted by Crippen LogP contribution is 2.06. The second-order valence-corrected chi connectivity index (χ2v) is 3.06. The van der Waals surface area contributed by atoms with Crippen molar-refractivity contribution in [2.75, 3.05) is 0 Å². The highest BCUT2D eigenvalue weighted by atomic mass is 27.0. The summed E-state index contributed by atoms with van der Waals surface area (Å²) in [6, 6.07) is 0. The van der Waals surface area contributed by atoms with Gasteiger partial charge in [0.15, 0.2) is 0 Å². The highest BCUT2D eigenvalue weighted by Gasteiger charge is 1.86. The summed E-state index contributed by atoms with van der Waals surface area (Å²) in [6.07, 6.45) is 6.20. The molecule has 0 rings (SSSR count). The molecule has 0 aliphatic rings. The van der Waals surface area contributed by atoms with E-state index in [-0.39, 0.29) is 0 Å². The van der Waals surface area contributed by atoms with Gasteiger partial charge in [-0.3, -0.25) is 0 Å². The van der Waals surface area contributed by atoms with Crippen molar-refractivity contribution >= 4 is 16.3 Å². The maximum absolute atomic E-state index is 3.84. The van der Waals surface area contributed by atoms with Gasteiger partial charge < -0.3 is 0 Å². The molecule has 0 saturated carbocycles. The predicted molar refractivity (Wildman–Crippen MR) is 52.9 cm³/mol. The van der Waals surface area contributed by atoms with E-state index in [0.29, 0.717) is 0 Å². The molecule has 0 atom stereocenters. The van der Waals surface area contributed by atoms with Crippen molar-refractivity contribution < 1.29 is 0 Å². The van der Waals surface area contributed by atoms with Gasteiger partial charge in [0.1, 0.15) is 16.3 Å². The van der Waals surface area contributed by atoms with Gasteiger partial charge in [-0.05, 0) is 19.8 Å². The Morgan fingerprint density at radius 2 is 2.18 bits per heavy atom. The first kappa shape index (κ1) is 10.8. The molecule has 2 radical (unpaired) electrons. The maximum Gasteiger partial charge on any atom is 0.125 e. The summed E-state index contributed by atoms with van der Waals surface area (Å²) in [5, 5.41) is 1.07. The average molecular weight is 162 g/mol. The molecule has 0 aliphatic carbocycles. The van der Waals surface area contributed by atoms with Crippen molar-refractivity contribution in [2.45, 2.75) is 25.0 Å². The van der Waals surface area contributed by atoms with Gasteiger partial charge in [0.05, 0.1) is 0 Å². The zero-order chi connectivity index (χ0) is 8.69. The number of hydrogen-bond donors (Lipinski definition) is 0. The lowest BCUT2D eigenvalue weighted by Crippen LogP contribution is -1.77. The molecule has 0 nitrogen and oxygen atoms in total. The molecule has 58 valence electrons. The topological polar surface area (TPSA) is 0 Å². The zero-order valence-electron chi connectivity index (χ0n) is 7.27. The molecule has 0 aromatic carbocycles. The van der Waals surface area contributed by atoms with Crippen LogP contribution in [0.2, 0.25) is 5.28 Å². The van der Waals surface area contributed by atoms with Crippen LogP contribution < -0.4 is 0 Å². The second kappa shape index (κ2) is 6.46. The van der Waals surface area contributed by atoms with E-state index < -0.39 is 0 Å². The lowest BCUT2D eigenvalue weighted by molar-refractivity contribution is 0.999. The minimum Gasteiger partial charge on any atom is -0.0988 e. The van der Waals surface area contributed by atoms with E-state index in [2.05, 4.69) is 42.4 Å². The summed E-state index contributed by atoms with van der Waals surface area (Å²) in [5.41, 5.74) is 2.55. The number of allylic oxidation sites excluding steroid dienone is 4. The van der Waals surface area contributed by atoms with Crippen LogP contribution in [0.1, 0.15) is 19.8 Å². The summed E-state index contributed by atoms with van der Waals surface area (Å²) in [6.45, 7) is 9.64. The summed E-state index contributed by atoms with van der Waals surface area (Å²) < 4.78 is 0. The molecule has 1 heteroatoms. The zero-order valence-corrected chi connectivity index (χ0v) is 8.42. The molecular weight excluding hydrogens is 147 g/mol. The maximum atomic E-state index is 3.84. The number of rotatable bonds is 5. The SMILES string of the molecule is C=CC(=C)CCC=C(C)[CH2][Al]. The van der Waals surface area contributed by atoms with Crippen LogP contribution >= 0.6 is 0 Å².